The van der Waals surface area contributed by atoms with Crippen LogP contribution in [0.4, 0.5) is 5.69 Å². The summed E-state index contributed by atoms with van der Waals surface area (Å²) in [6.45, 7) is 10.1. The third kappa shape index (κ3) is 4.80. The molecule has 1 aliphatic heterocycles. The van der Waals surface area contributed by atoms with E-state index in [0.717, 1.165) is 66.3 Å². The van der Waals surface area contributed by atoms with Crippen LogP contribution in [0.5, 0.6) is 0 Å². The largest absolute Gasteiger partial charge is 0.368 e. The van der Waals surface area contributed by atoms with Gasteiger partial charge in [0.25, 0.3) is 11.5 Å². The Kier molecular flexibility index (Phi) is 6.55. The molecule has 1 amide bonds. The molecule has 0 atom stereocenters. The molecule has 4 rings (SSSR count). The molecule has 1 fully saturated rings. The zero-order valence-corrected chi connectivity index (χ0v) is 19.6. The van der Waals surface area contributed by atoms with E-state index in [-0.39, 0.29) is 11.5 Å². The molecule has 2 aromatic heterocycles. The number of fused-ring (bicyclic) bond motifs is 1. The molecule has 2 N–H and O–H groups in total. The maximum Gasteiger partial charge on any atom is 0.269 e. The van der Waals surface area contributed by atoms with Crippen LogP contribution in [0.2, 0.25) is 0 Å². The van der Waals surface area contributed by atoms with E-state index in [1.807, 2.05) is 38.1 Å². The summed E-state index contributed by atoms with van der Waals surface area (Å²) < 4.78 is 0. The second kappa shape index (κ2) is 9.54. The van der Waals surface area contributed by atoms with Crippen LogP contribution in [0.1, 0.15) is 39.9 Å². The van der Waals surface area contributed by atoms with Gasteiger partial charge in [0.1, 0.15) is 11.4 Å². The molecular formula is C25H30N6O2. The van der Waals surface area contributed by atoms with Gasteiger partial charge in [-0.3, -0.25) is 14.5 Å². The Morgan fingerprint density at radius 1 is 1.12 bits per heavy atom. The van der Waals surface area contributed by atoms with Crippen LogP contribution in [-0.2, 0) is 6.54 Å². The summed E-state index contributed by atoms with van der Waals surface area (Å²) in [5, 5.41) is 2.62. The van der Waals surface area contributed by atoms with Crippen LogP contribution < -0.4 is 15.8 Å². The summed E-state index contributed by atoms with van der Waals surface area (Å²) in [5.74, 6) is -0.172. The Morgan fingerprint density at radius 2 is 1.88 bits per heavy atom. The lowest BCUT2D eigenvalue weighted by molar-refractivity contribution is 0.0958. The highest BCUT2D eigenvalue weighted by Gasteiger charge is 2.20. The van der Waals surface area contributed by atoms with E-state index < -0.39 is 0 Å². The normalized spacial score (nSPS) is 14.8. The molecule has 172 valence electrons. The first-order chi connectivity index (χ1) is 15.9. The van der Waals surface area contributed by atoms with Crippen molar-refractivity contribution >= 4 is 28.7 Å². The minimum absolute atomic E-state index is 0.147. The van der Waals surface area contributed by atoms with E-state index >= 15 is 0 Å². The number of anilines is 1. The van der Waals surface area contributed by atoms with Crippen molar-refractivity contribution in [2.75, 3.05) is 38.1 Å². The van der Waals surface area contributed by atoms with Crippen molar-refractivity contribution in [3.8, 4) is 0 Å². The average molecular weight is 447 g/mol. The quantitative estimate of drug-likeness (QED) is 0.626. The lowest BCUT2D eigenvalue weighted by atomic mass is 10.1. The molecule has 0 spiro atoms. The molecule has 1 saturated heterocycles. The molecule has 33 heavy (non-hydrogen) atoms. The number of aromatic nitrogens is 3. The smallest absolute Gasteiger partial charge is 0.269 e. The number of hydrogen-bond donors (Lipinski definition) is 2. The van der Waals surface area contributed by atoms with Gasteiger partial charge < -0.3 is 15.2 Å². The number of H-pyrrole nitrogens is 1. The molecular weight excluding hydrogens is 416 g/mol. The van der Waals surface area contributed by atoms with Crippen LogP contribution in [0.3, 0.4) is 0 Å². The summed E-state index contributed by atoms with van der Waals surface area (Å²) in [6.07, 6.45) is 4.03. The van der Waals surface area contributed by atoms with E-state index in [9.17, 15) is 9.59 Å². The van der Waals surface area contributed by atoms with Gasteiger partial charge in [-0.05, 0) is 50.6 Å². The number of nitrogens with zero attached hydrogens (tertiary/aromatic N) is 4. The zero-order valence-electron chi connectivity index (χ0n) is 19.6. The highest BCUT2D eigenvalue weighted by atomic mass is 16.1. The first-order valence-corrected chi connectivity index (χ1v) is 11.2. The summed E-state index contributed by atoms with van der Waals surface area (Å²) in [4.78, 5) is 40.6. The fourth-order valence-electron chi connectivity index (χ4n) is 4.32. The molecule has 0 bridgehead atoms. The molecule has 3 heterocycles. The topological polar surface area (TPSA) is 94.2 Å². The number of aromatic amines is 1. The summed E-state index contributed by atoms with van der Waals surface area (Å²) in [7, 11) is 1.61. The van der Waals surface area contributed by atoms with Crippen LogP contribution in [-0.4, -0.2) is 59.0 Å². The van der Waals surface area contributed by atoms with Crippen LogP contribution in [0.15, 0.2) is 35.1 Å². The van der Waals surface area contributed by atoms with Gasteiger partial charge in [0, 0.05) is 45.3 Å². The molecule has 1 aromatic carbocycles. The standard InChI is InChI=1S/C25H30N6O2/c1-5-6-19-13-18(14-21-23(19)28-17(3)24(32)29-21)15-30-9-11-31(12-10-30)22-8-7-20(25(33)26-4)27-16(22)2/h5-8,13-14H,9-12,15H2,1-4H3,(H,26,33)(H,29,32). The van der Waals surface area contributed by atoms with Crippen molar-refractivity contribution in [1.29, 1.82) is 0 Å². The predicted octanol–water partition coefficient (Wildman–Crippen LogP) is 2.65. The number of piperazine rings is 1. The highest BCUT2D eigenvalue weighted by molar-refractivity contribution is 5.92. The van der Waals surface area contributed by atoms with Gasteiger partial charge in [-0.25, -0.2) is 9.97 Å². The lowest BCUT2D eigenvalue weighted by Gasteiger charge is -2.36. The molecule has 0 unspecified atom stereocenters. The Labute approximate surface area is 193 Å². The Balaban J connectivity index is 1.48. The molecule has 3 aromatic rings. The minimum atomic E-state index is -0.172. The number of rotatable bonds is 5. The zero-order chi connectivity index (χ0) is 23.5. The molecule has 0 aliphatic carbocycles. The third-order valence-corrected chi connectivity index (χ3v) is 6.04. The van der Waals surface area contributed by atoms with E-state index in [0.29, 0.717) is 11.4 Å². The third-order valence-electron chi connectivity index (χ3n) is 6.04. The fourth-order valence-corrected chi connectivity index (χ4v) is 4.32. The van der Waals surface area contributed by atoms with Gasteiger partial charge >= 0.3 is 0 Å². The van der Waals surface area contributed by atoms with Gasteiger partial charge in [-0.15, -0.1) is 0 Å². The van der Waals surface area contributed by atoms with Crippen LogP contribution in [0, 0.1) is 13.8 Å². The van der Waals surface area contributed by atoms with Crippen molar-refractivity contribution < 1.29 is 4.79 Å². The van der Waals surface area contributed by atoms with E-state index in [1.54, 1.807) is 20.0 Å². The first kappa shape index (κ1) is 22.7. The summed E-state index contributed by atoms with van der Waals surface area (Å²) in [5.41, 5.74) is 6.46. The number of nitrogens with one attached hydrogen (secondary N) is 2. The number of carbonyl (C=O) groups is 1. The number of aryl methyl sites for hydroxylation is 2. The Morgan fingerprint density at radius 3 is 2.55 bits per heavy atom. The Bertz CT molecular complexity index is 1270. The number of carbonyl (C=O) groups excluding carboxylic acids is 1. The average Bonchev–Trinajstić information content (AvgIpc) is 2.80. The van der Waals surface area contributed by atoms with Gasteiger partial charge in [0.15, 0.2) is 0 Å². The number of amides is 1. The number of benzene rings is 1. The maximum absolute atomic E-state index is 12.1. The van der Waals surface area contributed by atoms with Gasteiger partial charge in [0.2, 0.25) is 0 Å². The second-order valence-corrected chi connectivity index (χ2v) is 8.38. The second-order valence-electron chi connectivity index (χ2n) is 8.38. The monoisotopic (exact) mass is 446 g/mol. The van der Waals surface area contributed by atoms with E-state index in [4.69, 9.17) is 0 Å². The first-order valence-electron chi connectivity index (χ1n) is 11.2. The van der Waals surface area contributed by atoms with Gasteiger partial charge in [-0.1, -0.05) is 12.2 Å². The van der Waals surface area contributed by atoms with Crippen molar-refractivity contribution in [2.24, 2.45) is 0 Å². The molecule has 0 saturated carbocycles. The number of allylic oxidation sites excluding steroid dienone is 1. The molecule has 1 aliphatic rings. The molecule has 8 nitrogen and oxygen atoms in total. The summed E-state index contributed by atoms with van der Waals surface area (Å²) in [6, 6.07) is 7.96. The predicted molar refractivity (Wildman–Crippen MR) is 132 cm³/mol. The molecule has 0 radical (unpaired) electrons. The van der Waals surface area contributed by atoms with Crippen molar-refractivity contribution in [2.45, 2.75) is 27.3 Å². The highest BCUT2D eigenvalue weighted by Crippen LogP contribution is 2.23. The SMILES string of the molecule is CC=Cc1cc(CN2CCN(c3ccc(C(=O)NC)nc3C)CC2)cc2[nH]c(=O)c(C)nc12. The Hall–Kier alpha value is -3.52. The van der Waals surface area contributed by atoms with Crippen molar-refractivity contribution in [3.05, 3.63) is 68.9 Å². The van der Waals surface area contributed by atoms with Crippen molar-refractivity contribution in [1.82, 2.24) is 25.2 Å². The summed E-state index contributed by atoms with van der Waals surface area (Å²) >= 11 is 0. The number of pyridine rings is 1. The van der Waals surface area contributed by atoms with Gasteiger partial charge in [-0.2, -0.15) is 0 Å². The fraction of sp³-hybridized carbons (Fsp3) is 0.360. The van der Waals surface area contributed by atoms with E-state index in [1.165, 1.54) is 0 Å². The lowest BCUT2D eigenvalue weighted by Crippen LogP contribution is -2.46. The van der Waals surface area contributed by atoms with Crippen molar-refractivity contribution in [3.63, 3.8) is 0 Å². The van der Waals surface area contributed by atoms with Crippen LogP contribution >= 0.6 is 0 Å². The van der Waals surface area contributed by atoms with Crippen LogP contribution in [0.25, 0.3) is 17.1 Å². The maximum atomic E-state index is 12.1. The minimum Gasteiger partial charge on any atom is -0.368 e. The van der Waals surface area contributed by atoms with E-state index in [2.05, 4.69) is 36.1 Å². The van der Waals surface area contributed by atoms with Gasteiger partial charge in [0.05, 0.1) is 22.4 Å². The number of hydrogen-bond acceptors (Lipinski definition) is 6. The molecule has 8 heteroatoms.